The van der Waals surface area contributed by atoms with Gasteiger partial charge in [-0.2, -0.15) is 0 Å². The second-order valence-corrected chi connectivity index (χ2v) is 5.89. The van der Waals surface area contributed by atoms with Gasteiger partial charge >= 0.3 is 0 Å². The van der Waals surface area contributed by atoms with E-state index >= 15 is 0 Å². The van der Waals surface area contributed by atoms with Crippen molar-refractivity contribution in [2.45, 2.75) is 25.4 Å². The summed E-state index contributed by atoms with van der Waals surface area (Å²) in [6.45, 7) is 2.99. The van der Waals surface area contributed by atoms with Crippen LogP contribution in [0.25, 0.3) is 0 Å². The topological polar surface area (TPSA) is 19.4 Å². The van der Waals surface area contributed by atoms with Crippen LogP contribution >= 0.6 is 23.2 Å². The number of hydrogen-bond donors (Lipinski definition) is 0. The Balaban J connectivity index is 2.05. The maximum Gasteiger partial charge on any atom is 0.129 e. The number of halogens is 2. The first-order valence-electron chi connectivity index (χ1n) is 6.26. The molecule has 18 heavy (non-hydrogen) atoms. The van der Waals surface area contributed by atoms with Crippen LogP contribution in [0.3, 0.4) is 0 Å². The van der Waals surface area contributed by atoms with Gasteiger partial charge < -0.3 is 4.90 Å². The fraction of sp³-hybridized carbons (Fsp3) is 0.615. The van der Waals surface area contributed by atoms with Crippen LogP contribution in [0.2, 0.25) is 10.2 Å². The molecule has 2 heterocycles. The molecule has 0 spiro atoms. The van der Waals surface area contributed by atoms with Crippen LogP contribution in [0, 0.1) is 0 Å². The average molecular weight is 288 g/mol. The van der Waals surface area contributed by atoms with Gasteiger partial charge in [-0.05, 0) is 45.6 Å². The van der Waals surface area contributed by atoms with Gasteiger partial charge in [0.2, 0.25) is 0 Å². The van der Waals surface area contributed by atoms with E-state index in [2.05, 4.69) is 28.9 Å². The van der Waals surface area contributed by atoms with E-state index in [9.17, 15) is 0 Å². The smallest absolute Gasteiger partial charge is 0.129 e. The SMILES string of the molecule is CN(C)CC1CCCN1Cc1nc(Cl)ccc1Cl. The lowest BCUT2D eigenvalue weighted by Crippen LogP contribution is -2.37. The molecule has 1 unspecified atom stereocenters. The van der Waals surface area contributed by atoms with Crippen LogP contribution in [0.15, 0.2) is 12.1 Å². The van der Waals surface area contributed by atoms with Crippen molar-refractivity contribution in [2.24, 2.45) is 0 Å². The Morgan fingerprint density at radius 3 is 2.89 bits per heavy atom. The fourth-order valence-electron chi connectivity index (χ4n) is 2.49. The molecular weight excluding hydrogens is 269 g/mol. The number of hydrogen-bond acceptors (Lipinski definition) is 3. The van der Waals surface area contributed by atoms with Crippen LogP contribution in [0.1, 0.15) is 18.5 Å². The predicted molar refractivity (Wildman–Crippen MR) is 76.2 cm³/mol. The lowest BCUT2D eigenvalue weighted by molar-refractivity contribution is 0.199. The van der Waals surface area contributed by atoms with Gasteiger partial charge in [-0.1, -0.05) is 23.2 Å². The summed E-state index contributed by atoms with van der Waals surface area (Å²) in [4.78, 5) is 9.01. The lowest BCUT2D eigenvalue weighted by atomic mass is 10.2. The molecular formula is C13H19Cl2N3. The Bertz CT molecular complexity index is 409. The number of rotatable bonds is 4. The molecule has 0 radical (unpaired) electrons. The number of aromatic nitrogens is 1. The maximum absolute atomic E-state index is 6.17. The summed E-state index contributed by atoms with van der Waals surface area (Å²) in [5.41, 5.74) is 0.884. The van der Waals surface area contributed by atoms with Gasteiger partial charge in [-0.25, -0.2) is 4.98 Å². The van der Waals surface area contributed by atoms with E-state index in [-0.39, 0.29) is 0 Å². The average Bonchev–Trinajstić information content (AvgIpc) is 2.70. The van der Waals surface area contributed by atoms with Crippen molar-refractivity contribution in [3.63, 3.8) is 0 Å². The van der Waals surface area contributed by atoms with Gasteiger partial charge in [0.05, 0.1) is 10.7 Å². The summed E-state index contributed by atoms with van der Waals surface area (Å²) in [5.74, 6) is 0. The van der Waals surface area contributed by atoms with Gasteiger partial charge in [0.1, 0.15) is 5.15 Å². The van der Waals surface area contributed by atoms with Gasteiger partial charge in [0.25, 0.3) is 0 Å². The number of pyridine rings is 1. The highest BCUT2D eigenvalue weighted by molar-refractivity contribution is 6.32. The van der Waals surface area contributed by atoms with Crippen molar-refractivity contribution in [1.29, 1.82) is 0 Å². The minimum Gasteiger partial charge on any atom is -0.308 e. The first-order chi connectivity index (χ1) is 8.56. The minimum absolute atomic E-state index is 0.512. The summed E-state index contributed by atoms with van der Waals surface area (Å²) in [7, 11) is 4.22. The highest BCUT2D eigenvalue weighted by atomic mass is 35.5. The summed E-state index contributed by atoms with van der Waals surface area (Å²) < 4.78 is 0. The molecule has 5 heteroatoms. The lowest BCUT2D eigenvalue weighted by Gasteiger charge is -2.26. The zero-order chi connectivity index (χ0) is 13.1. The molecule has 100 valence electrons. The van der Waals surface area contributed by atoms with Gasteiger partial charge in [-0.3, -0.25) is 4.90 Å². The first-order valence-corrected chi connectivity index (χ1v) is 7.01. The Kier molecular flexibility index (Phi) is 4.84. The summed E-state index contributed by atoms with van der Waals surface area (Å²) in [5, 5.41) is 1.22. The molecule has 0 saturated carbocycles. The molecule has 0 N–H and O–H groups in total. The number of likely N-dealkylation sites (tertiary alicyclic amines) is 1. The van der Waals surface area contributed by atoms with Crippen molar-refractivity contribution < 1.29 is 0 Å². The van der Waals surface area contributed by atoms with Gasteiger partial charge in [0, 0.05) is 19.1 Å². The van der Waals surface area contributed by atoms with Crippen LogP contribution in [0.5, 0.6) is 0 Å². The molecule has 0 aliphatic carbocycles. The Morgan fingerprint density at radius 1 is 1.39 bits per heavy atom. The minimum atomic E-state index is 0.512. The Hall–Kier alpha value is -0.350. The van der Waals surface area contributed by atoms with E-state index in [0.717, 1.165) is 25.3 Å². The first kappa shape index (κ1) is 14.1. The monoisotopic (exact) mass is 287 g/mol. The summed E-state index contributed by atoms with van der Waals surface area (Å²) in [6, 6.07) is 4.15. The Labute approximate surface area is 119 Å². The second-order valence-electron chi connectivity index (χ2n) is 5.09. The largest absolute Gasteiger partial charge is 0.308 e. The van der Waals surface area contributed by atoms with E-state index in [1.54, 1.807) is 6.07 Å². The zero-order valence-electron chi connectivity index (χ0n) is 10.9. The molecule has 1 atom stereocenters. The molecule has 0 bridgehead atoms. The quantitative estimate of drug-likeness (QED) is 0.794. The molecule has 2 rings (SSSR count). The number of likely N-dealkylation sites (N-methyl/N-ethyl adjacent to an activating group) is 1. The highest BCUT2D eigenvalue weighted by Crippen LogP contribution is 2.24. The predicted octanol–water partition coefficient (Wildman–Crippen LogP) is 2.91. The van der Waals surface area contributed by atoms with Crippen LogP contribution in [-0.4, -0.2) is 48.0 Å². The zero-order valence-corrected chi connectivity index (χ0v) is 12.4. The molecule has 0 aromatic carbocycles. The van der Waals surface area contributed by atoms with E-state index in [4.69, 9.17) is 23.2 Å². The molecule has 1 aromatic rings. The number of nitrogens with zero attached hydrogens (tertiary/aromatic N) is 3. The standard InChI is InChI=1S/C13H19Cl2N3/c1-17(2)8-10-4-3-7-18(10)9-12-11(14)5-6-13(15)16-12/h5-6,10H,3-4,7-9H2,1-2H3. The molecule has 0 amide bonds. The molecule has 1 aliphatic rings. The third-order valence-electron chi connectivity index (χ3n) is 3.31. The van der Waals surface area contributed by atoms with Crippen LogP contribution in [0.4, 0.5) is 0 Å². The summed E-state index contributed by atoms with van der Waals surface area (Å²) >= 11 is 12.1. The highest BCUT2D eigenvalue weighted by Gasteiger charge is 2.25. The van der Waals surface area contributed by atoms with Crippen molar-refractivity contribution in [3.05, 3.63) is 28.0 Å². The molecule has 1 fully saturated rings. The third-order valence-corrected chi connectivity index (χ3v) is 3.87. The fourth-order valence-corrected chi connectivity index (χ4v) is 2.82. The normalized spacial score (nSPS) is 20.8. The molecule has 1 aliphatic heterocycles. The van der Waals surface area contributed by atoms with Crippen molar-refractivity contribution in [3.8, 4) is 0 Å². The van der Waals surface area contributed by atoms with Gasteiger partial charge in [-0.15, -0.1) is 0 Å². The third kappa shape index (κ3) is 3.58. The van der Waals surface area contributed by atoms with Gasteiger partial charge in [0.15, 0.2) is 0 Å². The molecule has 1 aromatic heterocycles. The molecule has 3 nitrogen and oxygen atoms in total. The summed E-state index contributed by atoms with van der Waals surface area (Å²) in [6.07, 6.45) is 2.49. The van der Waals surface area contributed by atoms with Crippen molar-refractivity contribution >= 4 is 23.2 Å². The van der Waals surface area contributed by atoms with E-state index in [1.807, 2.05) is 6.07 Å². The maximum atomic E-state index is 6.17. The molecule has 1 saturated heterocycles. The van der Waals surface area contributed by atoms with E-state index in [0.29, 0.717) is 16.2 Å². The van der Waals surface area contributed by atoms with Crippen molar-refractivity contribution in [1.82, 2.24) is 14.8 Å². The Morgan fingerprint density at radius 2 is 2.17 bits per heavy atom. The second kappa shape index (κ2) is 6.20. The van der Waals surface area contributed by atoms with Crippen LogP contribution < -0.4 is 0 Å². The van der Waals surface area contributed by atoms with E-state index in [1.165, 1.54) is 12.8 Å². The van der Waals surface area contributed by atoms with E-state index < -0.39 is 0 Å². The van der Waals surface area contributed by atoms with Crippen molar-refractivity contribution in [2.75, 3.05) is 27.2 Å². The van der Waals surface area contributed by atoms with Crippen LogP contribution in [-0.2, 0) is 6.54 Å².